The van der Waals surface area contributed by atoms with Crippen LogP contribution in [-0.4, -0.2) is 52.8 Å². The highest BCUT2D eigenvalue weighted by molar-refractivity contribution is 5.88. The van der Waals surface area contributed by atoms with Crippen LogP contribution in [0.2, 0.25) is 0 Å². The van der Waals surface area contributed by atoms with Crippen molar-refractivity contribution < 1.29 is 9.59 Å². The molecule has 26 heavy (non-hydrogen) atoms. The van der Waals surface area contributed by atoms with Crippen molar-refractivity contribution in [3.05, 3.63) is 59.9 Å². The molecular weight excluding hydrogens is 328 g/mol. The lowest BCUT2D eigenvalue weighted by Gasteiger charge is -2.34. The lowest BCUT2D eigenvalue weighted by molar-refractivity contribution is -0.132. The Morgan fingerprint density at radius 2 is 1.62 bits per heavy atom. The van der Waals surface area contributed by atoms with Gasteiger partial charge in [0, 0.05) is 57.7 Å². The standard InChI is InChI=1S/C20H24N4O2/c1-16(25)22-19-4-2-17(3-5-19)14-20(26)24-12-10-23(11-13-24)15-18-6-8-21-9-7-18/h2-9H,10-15H2,1H3,(H,22,25). The number of benzene rings is 1. The number of anilines is 1. The third kappa shape index (κ3) is 5.13. The number of carbonyl (C=O) groups excluding carboxylic acids is 2. The number of pyridine rings is 1. The van der Waals surface area contributed by atoms with Gasteiger partial charge in [0.2, 0.25) is 11.8 Å². The minimum absolute atomic E-state index is 0.0986. The first-order valence-corrected chi connectivity index (χ1v) is 8.86. The molecular formula is C20H24N4O2. The molecule has 1 aliphatic rings. The highest BCUT2D eigenvalue weighted by atomic mass is 16.2. The number of hydrogen-bond donors (Lipinski definition) is 1. The van der Waals surface area contributed by atoms with Gasteiger partial charge in [0.1, 0.15) is 0 Å². The first kappa shape index (κ1) is 18.1. The zero-order valence-corrected chi connectivity index (χ0v) is 15.0. The van der Waals surface area contributed by atoms with Crippen LogP contribution >= 0.6 is 0 Å². The van der Waals surface area contributed by atoms with Crippen molar-refractivity contribution in [3.63, 3.8) is 0 Å². The summed E-state index contributed by atoms with van der Waals surface area (Å²) in [6.07, 6.45) is 4.02. The van der Waals surface area contributed by atoms with Crippen molar-refractivity contribution in [1.82, 2.24) is 14.8 Å². The van der Waals surface area contributed by atoms with E-state index in [9.17, 15) is 9.59 Å². The Morgan fingerprint density at radius 1 is 0.962 bits per heavy atom. The fourth-order valence-corrected chi connectivity index (χ4v) is 3.10. The summed E-state index contributed by atoms with van der Waals surface area (Å²) >= 11 is 0. The van der Waals surface area contributed by atoms with Crippen LogP contribution in [-0.2, 0) is 22.6 Å². The number of hydrogen-bond acceptors (Lipinski definition) is 4. The van der Waals surface area contributed by atoms with E-state index >= 15 is 0 Å². The Balaban J connectivity index is 1.47. The molecule has 1 saturated heterocycles. The predicted molar refractivity (Wildman–Crippen MR) is 101 cm³/mol. The summed E-state index contributed by atoms with van der Waals surface area (Å²) < 4.78 is 0. The quantitative estimate of drug-likeness (QED) is 0.893. The van der Waals surface area contributed by atoms with Gasteiger partial charge in [-0.05, 0) is 35.4 Å². The van der Waals surface area contributed by atoms with Crippen LogP contribution in [0, 0.1) is 0 Å². The molecule has 0 bridgehead atoms. The van der Waals surface area contributed by atoms with Gasteiger partial charge in [-0.3, -0.25) is 19.5 Å². The molecule has 1 aliphatic heterocycles. The second kappa shape index (κ2) is 8.58. The normalized spacial score (nSPS) is 14.9. The lowest BCUT2D eigenvalue weighted by atomic mass is 10.1. The Bertz CT molecular complexity index is 738. The molecule has 1 aromatic heterocycles. The van der Waals surface area contributed by atoms with Gasteiger partial charge < -0.3 is 10.2 Å². The van der Waals surface area contributed by atoms with E-state index in [4.69, 9.17) is 0 Å². The summed E-state index contributed by atoms with van der Waals surface area (Å²) in [5.41, 5.74) is 2.96. The molecule has 0 atom stereocenters. The van der Waals surface area contributed by atoms with Crippen LogP contribution in [0.15, 0.2) is 48.8 Å². The molecule has 0 unspecified atom stereocenters. The van der Waals surface area contributed by atoms with E-state index in [1.807, 2.05) is 53.7 Å². The number of nitrogens with one attached hydrogen (secondary N) is 1. The minimum atomic E-state index is -0.0986. The van der Waals surface area contributed by atoms with Gasteiger partial charge in [0.15, 0.2) is 0 Å². The van der Waals surface area contributed by atoms with E-state index in [2.05, 4.69) is 15.2 Å². The molecule has 0 saturated carbocycles. The van der Waals surface area contributed by atoms with Crippen LogP contribution in [0.4, 0.5) is 5.69 Å². The van der Waals surface area contributed by atoms with E-state index in [0.29, 0.717) is 6.42 Å². The number of nitrogens with zero attached hydrogens (tertiary/aromatic N) is 3. The van der Waals surface area contributed by atoms with Crippen molar-refractivity contribution in [3.8, 4) is 0 Å². The molecule has 1 aromatic carbocycles. The largest absolute Gasteiger partial charge is 0.340 e. The van der Waals surface area contributed by atoms with E-state index in [1.165, 1.54) is 12.5 Å². The SMILES string of the molecule is CC(=O)Nc1ccc(CC(=O)N2CCN(Cc3ccncc3)CC2)cc1. The minimum Gasteiger partial charge on any atom is -0.340 e. The molecule has 6 nitrogen and oxygen atoms in total. The maximum Gasteiger partial charge on any atom is 0.227 e. The highest BCUT2D eigenvalue weighted by Gasteiger charge is 2.21. The number of rotatable bonds is 5. The van der Waals surface area contributed by atoms with Crippen molar-refractivity contribution in [2.75, 3.05) is 31.5 Å². The Labute approximate surface area is 153 Å². The zero-order valence-electron chi connectivity index (χ0n) is 15.0. The van der Waals surface area contributed by atoms with Crippen LogP contribution in [0.1, 0.15) is 18.1 Å². The van der Waals surface area contributed by atoms with Crippen molar-refractivity contribution in [2.24, 2.45) is 0 Å². The number of carbonyl (C=O) groups is 2. The van der Waals surface area contributed by atoms with Crippen molar-refractivity contribution >= 4 is 17.5 Å². The van der Waals surface area contributed by atoms with Crippen molar-refractivity contribution in [2.45, 2.75) is 19.9 Å². The van der Waals surface area contributed by atoms with Gasteiger partial charge in [-0.15, -0.1) is 0 Å². The van der Waals surface area contributed by atoms with Crippen LogP contribution < -0.4 is 5.32 Å². The van der Waals surface area contributed by atoms with E-state index in [-0.39, 0.29) is 11.8 Å². The molecule has 1 N–H and O–H groups in total. The maximum atomic E-state index is 12.5. The number of piperazine rings is 1. The number of amides is 2. The Morgan fingerprint density at radius 3 is 2.23 bits per heavy atom. The lowest BCUT2D eigenvalue weighted by Crippen LogP contribution is -2.48. The molecule has 6 heteroatoms. The van der Waals surface area contributed by atoms with Gasteiger partial charge in [-0.2, -0.15) is 0 Å². The average molecular weight is 352 g/mol. The fourth-order valence-electron chi connectivity index (χ4n) is 3.10. The summed E-state index contributed by atoms with van der Waals surface area (Å²) in [5.74, 6) is 0.0549. The fraction of sp³-hybridized carbons (Fsp3) is 0.350. The Kier molecular flexibility index (Phi) is 5.96. The summed E-state index contributed by atoms with van der Waals surface area (Å²) in [7, 11) is 0. The number of aromatic nitrogens is 1. The molecule has 2 heterocycles. The molecule has 2 aromatic rings. The third-order valence-corrected chi connectivity index (χ3v) is 4.51. The summed E-state index contributed by atoms with van der Waals surface area (Å²) in [5, 5.41) is 2.73. The van der Waals surface area contributed by atoms with Gasteiger partial charge in [-0.1, -0.05) is 12.1 Å². The first-order chi connectivity index (χ1) is 12.6. The van der Waals surface area contributed by atoms with E-state index in [0.717, 1.165) is 44.0 Å². The Hall–Kier alpha value is -2.73. The molecule has 0 radical (unpaired) electrons. The van der Waals surface area contributed by atoms with Gasteiger partial charge in [0.25, 0.3) is 0 Å². The summed E-state index contributed by atoms with van der Waals surface area (Å²) in [4.78, 5) is 31.9. The topological polar surface area (TPSA) is 65.5 Å². The van der Waals surface area contributed by atoms with Crippen LogP contribution in [0.25, 0.3) is 0 Å². The van der Waals surface area contributed by atoms with Crippen LogP contribution in [0.5, 0.6) is 0 Å². The average Bonchev–Trinajstić information content (AvgIpc) is 2.64. The van der Waals surface area contributed by atoms with Gasteiger partial charge in [-0.25, -0.2) is 0 Å². The third-order valence-electron chi connectivity index (χ3n) is 4.51. The molecule has 1 fully saturated rings. The van der Waals surface area contributed by atoms with Crippen LogP contribution in [0.3, 0.4) is 0 Å². The first-order valence-electron chi connectivity index (χ1n) is 8.86. The predicted octanol–water partition coefficient (Wildman–Crippen LogP) is 1.93. The second-order valence-electron chi connectivity index (χ2n) is 6.57. The highest BCUT2D eigenvalue weighted by Crippen LogP contribution is 2.13. The summed E-state index contributed by atoms with van der Waals surface area (Å²) in [6, 6.07) is 11.5. The second-order valence-corrected chi connectivity index (χ2v) is 6.57. The maximum absolute atomic E-state index is 12.5. The monoisotopic (exact) mass is 352 g/mol. The molecule has 2 amide bonds. The van der Waals surface area contributed by atoms with E-state index in [1.54, 1.807) is 0 Å². The van der Waals surface area contributed by atoms with E-state index < -0.39 is 0 Å². The molecule has 3 rings (SSSR count). The summed E-state index contributed by atoms with van der Waals surface area (Å²) in [6.45, 7) is 5.66. The van der Waals surface area contributed by atoms with Gasteiger partial charge >= 0.3 is 0 Å². The van der Waals surface area contributed by atoms with Gasteiger partial charge in [0.05, 0.1) is 6.42 Å². The smallest absolute Gasteiger partial charge is 0.227 e. The zero-order chi connectivity index (χ0) is 18.4. The van der Waals surface area contributed by atoms with Crippen molar-refractivity contribution in [1.29, 1.82) is 0 Å². The molecule has 0 spiro atoms. The molecule has 0 aliphatic carbocycles. The molecule has 136 valence electrons.